The largest absolute Gasteiger partial charge is 0.511 e. The Kier molecular flexibility index (Phi) is 9.26. The fourth-order valence-corrected chi connectivity index (χ4v) is 2.69. The molecule has 3 N–H and O–H groups in total. The van der Waals surface area contributed by atoms with Crippen molar-refractivity contribution < 1.29 is 45.6 Å². The van der Waals surface area contributed by atoms with E-state index in [1.54, 1.807) is 6.92 Å². The first-order valence-electron chi connectivity index (χ1n) is 10.3. The summed E-state index contributed by atoms with van der Waals surface area (Å²) in [4.78, 5) is 23.2. The predicted octanol–water partition coefficient (Wildman–Crippen LogP) is 6.25. The number of aliphatic hydroxyl groups excluding tert-OH is 1. The van der Waals surface area contributed by atoms with Crippen molar-refractivity contribution in [2.75, 3.05) is 10.6 Å². The van der Waals surface area contributed by atoms with Crippen molar-refractivity contribution in [2.45, 2.75) is 26.2 Å². The molecule has 3 aromatic rings. The molecule has 0 radical (unpaired) electrons. The molecule has 0 atom stereocenters. The minimum Gasteiger partial charge on any atom is -0.511 e. The van der Waals surface area contributed by atoms with E-state index in [4.69, 9.17) is 14.9 Å². The number of rotatable bonds is 4. The Hall–Kier alpha value is -4.80. The number of carbonyl (C=O) groups excluding carboxylic acids is 2. The zero-order valence-electron chi connectivity index (χ0n) is 19.5. The molecule has 2 aromatic carbocycles. The number of nitrogens with one attached hydrogen (secondary N) is 2. The van der Waals surface area contributed by atoms with Gasteiger partial charge in [0.05, 0.1) is 17.3 Å². The van der Waals surface area contributed by atoms with Gasteiger partial charge in [-0.15, -0.1) is 0 Å². The Morgan fingerprint density at radius 1 is 0.895 bits per heavy atom. The molecule has 0 unspecified atom stereocenters. The van der Waals surface area contributed by atoms with E-state index >= 15 is 0 Å². The average molecular weight is 540 g/mol. The number of amides is 2. The van der Waals surface area contributed by atoms with Gasteiger partial charge in [0.15, 0.2) is 5.57 Å². The molecule has 8 nitrogen and oxygen atoms in total. The highest BCUT2D eigenvalue weighted by Crippen LogP contribution is 2.30. The number of aliphatic hydroxyl groups is 1. The minimum atomic E-state index is -4.46. The summed E-state index contributed by atoms with van der Waals surface area (Å²) in [5.41, 5.74) is -1.53. The fourth-order valence-electron chi connectivity index (χ4n) is 2.69. The Balaban J connectivity index is 0.000000267. The Morgan fingerprint density at radius 3 is 1.68 bits per heavy atom. The van der Waals surface area contributed by atoms with Crippen molar-refractivity contribution in [1.29, 1.82) is 5.26 Å². The molecule has 0 aliphatic heterocycles. The molecule has 14 heteroatoms. The van der Waals surface area contributed by atoms with E-state index in [0.717, 1.165) is 43.3 Å². The number of hydrogen-bond donors (Lipinski definition) is 3. The lowest BCUT2D eigenvalue weighted by atomic mass is 10.2. The third-order valence-corrected chi connectivity index (χ3v) is 4.64. The van der Waals surface area contributed by atoms with Crippen LogP contribution in [-0.2, 0) is 17.1 Å². The number of nitriles is 1. The number of hydrogen-bond acceptors (Lipinski definition) is 6. The van der Waals surface area contributed by atoms with Crippen molar-refractivity contribution in [3.05, 3.63) is 88.5 Å². The molecule has 3 rings (SSSR count). The Morgan fingerprint density at radius 2 is 1.34 bits per heavy atom. The molecule has 38 heavy (non-hydrogen) atoms. The third-order valence-electron chi connectivity index (χ3n) is 4.64. The summed E-state index contributed by atoms with van der Waals surface area (Å²) in [5, 5.41) is 25.8. The number of halogens is 6. The zero-order valence-corrected chi connectivity index (χ0v) is 19.5. The molecular weight excluding hydrogens is 522 g/mol. The molecule has 0 aliphatic rings. The molecule has 0 bridgehead atoms. The number of allylic oxidation sites excluding steroid dienone is 1. The second-order valence-corrected chi connectivity index (χ2v) is 7.43. The van der Waals surface area contributed by atoms with E-state index in [-0.39, 0.29) is 16.9 Å². The molecule has 0 saturated heterocycles. The van der Waals surface area contributed by atoms with Crippen molar-refractivity contribution >= 4 is 23.2 Å². The van der Waals surface area contributed by atoms with Gasteiger partial charge in [-0.1, -0.05) is 5.16 Å². The minimum absolute atomic E-state index is 0.0898. The van der Waals surface area contributed by atoms with E-state index < -0.39 is 46.6 Å². The lowest BCUT2D eigenvalue weighted by molar-refractivity contribution is -0.138. The number of carbonyl (C=O) groups is 2. The van der Waals surface area contributed by atoms with Crippen LogP contribution in [0.5, 0.6) is 0 Å². The molecule has 0 fully saturated rings. The molecule has 200 valence electrons. The molecule has 0 saturated carbocycles. The molecule has 1 heterocycles. The number of aryl methyl sites for hydroxylation is 1. The predicted molar refractivity (Wildman–Crippen MR) is 122 cm³/mol. The van der Waals surface area contributed by atoms with Crippen molar-refractivity contribution in [3.8, 4) is 6.07 Å². The SMILES string of the molecule is C/C(O)=C(\C#N)C(=O)Nc1ccc(C(F)(F)F)cc1.Cc1oncc1C(=O)Nc1ccc(C(F)(F)F)cc1. The summed E-state index contributed by atoms with van der Waals surface area (Å²) in [6.07, 6.45) is -7.61. The van der Waals surface area contributed by atoms with Crippen molar-refractivity contribution in [1.82, 2.24) is 5.16 Å². The highest BCUT2D eigenvalue weighted by atomic mass is 19.4. The van der Waals surface area contributed by atoms with Crippen LogP contribution in [0.4, 0.5) is 37.7 Å². The van der Waals surface area contributed by atoms with Crippen LogP contribution >= 0.6 is 0 Å². The maximum atomic E-state index is 12.4. The lowest BCUT2D eigenvalue weighted by Crippen LogP contribution is -2.15. The normalized spacial score (nSPS) is 11.9. The summed E-state index contributed by atoms with van der Waals surface area (Å²) in [7, 11) is 0. The van der Waals surface area contributed by atoms with Gasteiger partial charge in [-0.25, -0.2) is 0 Å². The van der Waals surface area contributed by atoms with E-state index in [1.807, 2.05) is 0 Å². The zero-order chi connectivity index (χ0) is 28.7. The number of aromatic nitrogens is 1. The van der Waals surface area contributed by atoms with Gasteiger partial charge in [0.1, 0.15) is 23.2 Å². The first kappa shape index (κ1) is 29.4. The first-order valence-corrected chi connectivity index (χ1v) is 10.3. The smallest absolute Gasteiger partial charge is 0.416 e. The second kappa shape index (κ2) is 12.0. The highest BCUT2D eigenvalue weighted by molar-refractivity contribution is 6.06. The first-order chi connectivity index (χ1) is 17.6. The van der Waals surface area contributed by atoms with Crippen LogP contribution in [0.2, 0.25) is 0 Å². The maximum absolute atomic E-state index is 12.4. The fraction of sp³-hybridized carbons (Fsp3) is 0.167. The second-order valence-electron chi connectivity index (χ2n) is 7.43. The molecule has 1 aromatic heterocycles. The van der Waals surface area contributed by atoms with Crippen LogP contribution in [0.25, 0.3) is 0 Å². The van der Waals surface area contributed by atoms with Gasteiger partial charge in [0.25, 0.3) is 11.8 Å². The monoisotopic (exact) mass is 540 g/mol. The third kappa shape index (κ3) is 8.12. The molecule has 0 aliphatic carbocycles. The van der Waals surface area contributed by atoms with Crippen LogP contribution in [0.3, 0.4) is 0 Å². The summed E-state index contributed by atoms with van der Waals surface area (Å²) >= 11 is 0. The van der Waals surface area contributed by atoms with Crippen molar-refractivity contribution in [2.24, 2.45) is 0 Å². The average Bonchev–Trinajstić information content (AvgIpc) is 3.25. The van der Waals surface area contributed by atoms with Crippen LogP contribution in [-0.4, -0.2) is 22.1 Å². The number of nitrogens with zero attached hydrogens (tertiary/aromatic N) is 2. The van der Waals surface area contributed by atoms with Crippen LogP contribution < -0.4 is 10.6 Å². The Bertz CT molecular complexity index is 1350. The van der Waals surface area contributed by atoms with Gasteiger partial charge in [-0.05, 0) is 62.4 Å². The molecule has 0 spiro atoms. The van der Waals surface area contributed by atoms with Gasteiger partial charge in [-0.3, -0.25) is 9.59 Å². The lowest BCUT2D eigenvalue weighted by Gasteiger charge is -2.08. The van der Waals surface area contributed by atoms with E-state index in [1.165, 1.54) is 24.4 Å². The molecular formula is C24H18F6N4O4. The highest BCUT2D eigenvalue weighted by Gasteiger charge is 2.30. The van der Waals surface area contributed by atoms with Crippen molar-refractivity contribution in [3.63, 3.8) is 0 Å². The van der Waals surface area contributed by atoms with Gasteiger partial charge in [-0.2, -0.15) is 31.6 Å². The summed E-state index contributed by atoms with van der Waals surface area (Å²) < 4.78 is 78.7. The van der Waals surface area contributed by atoms with Gasteiger partial charge >= 0.3 is 12.4 Å². The standard InChI is InChI=1S/2C12H9F3N2O2/c1-7-10(6-16-19-7)11(18)17-9-4-2-8(3-5-9)12(13,14)15;1-7(18)10(6-16)11(19)17-9-4-2-8(3-5-9)12(13,14)15/h2-6H,1H3,(H,17,18);2-5,18H,1H3,(H,17,19)/b;10-7-. The number of alkyl halides is 6. The van der Waals surface area contributed by atoms with Gasteiger partial charge in [0.2, 0.25) is 0 Å². The number of benzene rings is 2. The van der Waals surface area contributed by atoms with E-state index in [0.29, 0.717) is 5.76 Å². The summed E-state index contributed by atoms with van der Waals surface area (Å²) in [5.74, 6) is -1.50. The van der Waals surface area contributed by atoms with E-state index in [2.05, 4.69) is 15.8 Å². The summed E-state index contributed by atoms with van der Waals surface area (Å²) in [6.45, 7) is 2.72. The number of anilines is 2. The van der Waals surface area contributed by atoms with Gasteiger partial charge in [0, 0.05) is 11.4 Å². The quantitative estimate of drug-likeness (QED) is 0.155. The summed E-state index contributed by atoms with van der Waals surface area (Å²) in [6, 6.07) is 9.38. The van der Waals surface area contributed by atoms with Crippen LogP contribution in [0, 0.1) is 18.3 Å². The van der Waals surface area contributed by atoms with Crippen LogP contribution in [0.1, 0.15) is 34.2 Å². The molecule has 2 amide bonds. The topological polar surface area (TPSA) is 128 Å². The van der Waals surface area contributed by atoms with Crippen LogP contribution in [0.15, 0.2) is 70.6 Å². The Labute approximate surface area is 211 Å². The maximum Gasteiger partial charge on any atom is 0.416 e. The van der Waals surface area contributed by atoms with Gasteiger partial charge < -0.3 is 20.3 Å². The van der Waals surface area contributed by atoms with E-state index in [9.17, 15) is 35.9 Å².